The van der Waals surface area contributed by atoms with Crippen molar-refractivity contribution in [3.8, 4) is 23.0 Å². The Balaban J connectivity index is 2.29. The molecule has 21 heavy (non-hydrogen) atoms. The van der Waals surface area contributed by atoms with Gasteiger partial charge in [-0.05, 0) is 40.5 Å². The lowest BCUT2D eigenvalue weighted by molar-refractivity contribution is 0.386. The third-order valence-corrected chi connectivity index (χ3v) is 3.65. The van der Waals surface area contributed by atoms with Gasteiger partial charge in [0.15, 0.2) is 0 Å². The van der Waals surface area contributed by atoms with Gasteiger partial charge in [-0.3, -0.25) is 0 Å². The molecule has 2 N–H and O–H groups in total. The fourth-order valence-electron chi connectivity index (χ4n) is 1.85. The summed E-state index contributed by atoms with van der Waals surface area (Å²) in [6.07, 6.45) is 0. The third kappa shape index (κ3) is 3.89. The van der Waals surface area contributed by atoms with E-state index in [0.717, 1.165) is 10.0 Å². The van der Waals surface area contributed by atoms with E-state index >= 15 is 0 Å². The summed E-state index contributed by atoms with van der Waals surface area (Å²) in [6, 6.07) is 11.2. The molecule has 0 saturated carbocycles. The molecule has 0 radical (unpaired) electrons. The summed E-state index contributed by atoms with van der Waals surface area (Å²) >= 11 is 3.50. The summed E-state index contributed by atoms with van der Waals surface area (Å²) in [5.41, 5.74) is 6.91. The maximum Gasteiger partial charge on any atom is 0.141 e. The number of hydrogen-bond acceptors (Lipinski definition) is 4. The van der Waals surface area contributed by atoms with E-state index < -0.39 is 0 Å². The fraction of sp³-hybridized carbons (Fsp3) is 0.250. The Hall–Kier alpha value is -1.72. The van der Waals surface area contributed by atoms with Crippen LogP contribution in [0.5, 0.6) is 23.0 Å². The highest BCUT2D eigenvalue weighted by atomic mass is 79.9. The smallest absolute Gasteiger partial charge is 0.141 e. The van der Waals surface area contributed by atoms with E-state index in [1.165, 1.54) is 0 Å². The summed E-state index contributed by atoms with van der Waals surface area (Å²) in [7, 11) is 3.21. The molecule has 1 atom stereocenters. The van der Waals surface area contributed by atoms with E-state index in [-0.39, 0.29) is 6.04 Å². The minimum absolute atomic E-state index is 0.0211. The van der Waals surface area contributed by atoms with Gasteiger partial charge in [-0.1, -0.05) is 6.07 Å². The molecule has 0 aliphatic rings. The Morgan fingerprint density at radius 3 is 2.00 bits per heavy atom. The van der Waals surface area contributed by atoms with E-state index in [2.05, 4.69) is 15.9 Å². The van der Waals surface area contributed by atoms with E-state index in [1.54, 1.807) is 32.4 Å². The number of rotatable bonds is 5. The van der Waals surface area contributed by atoms with E-state index in [4.69, 9.17) is 19.9 Å². The second kappa shape index (κ2) is 6.83. The van der Waals surface area contributed by atoms with Gasteiger partial charge in [-0.25, -0.2) is 0 Å². The van der Waals surface area contributed by atoms with E-state index in [0.29, 0.717) is 23.0 Å². The van der Waals surface area contributed by atoms with Gasteiger partial charge in [0, 0.05) is 24.2 Å². The molecule has 2 aromatic rings. The Bertz CT molecular complexity index is 607. The highest BCUT2D eigenvalue weighted by Crippen LogP contribution is 2.35. The van der Waals surface area contributed by atoms with Crippen LogP contribution in [0, 0.1) is 0 Å². The molecule has 2 rings (SSSR count). The quantitative estimate of drug-likeness (QED) is 0.873. The molecule has 112 valence electrons. The molecule has 0 unspecified atom stereocenters. The molecule has 0 fully saturated rings. The molecular formula is C16H18BrNO3. The van der Waals surface area contributed by atoms with E-state index in [1.807, 2.05) is 25.1 Å². The SMILES string of the molecule is COc1cc(OC)cc(Oc2ccc([C@@H](C)N)cc2Br)c1. The number of benzene rings is 2. The lowest BCUT2D eigenvalue weighted by atomic mass is 10.1. The topological polar surface area (TPSA) is 53.7 Å². The van der Waals surface area contributed by atoms with Crippen LogP contribution in [-0.2, 0) is 0 Å². The normalized spacial score (nSPS) is 11.9. The van der Waals surface area contributed by atoms with Crippen LogP contribution < -0.4 is 19.9 Å². The van der Waals surface area contributed by atoms with Crippen LogP contribution in [0.25, 0.3) is 0 Å². The highest BCUT2D eigenvalue weighted by Gasteiger charge is 2.09. The Morgan fingerprint density at radius 1 is 0.952 bits per heavy atom. The van der Waals surface area contributed by atoms with Crippen molar-refractivity contribution in [3.05, 3.63) is 46.4 Å². The summed E-state index contributed by atoms with van der Waals surface area (Å²) in [4.78, 5) is 0. The second-order valence-electron chi connectivity index (χ2n) is 4.63. The molecule has 0 bridgehead atoms. The van der Waals surface area contributed by atoms with Crippen LogP contribution in [0.3, 0.4) is 0 Å². The minimum atomic E-state index is -0.0211. The number of nitrogens with two attached hydrogens (primary N) is 1. The molecule has 0 aliphatic heterocycles. The zero-order valence-electron chi connectivity index (χ0n) is 12.2. The van der Waals surface area contributed by atoms with E-state index in [9.17, 15) is 0 Å². The highest BCUT2D eigenvalue weighted by molar-refractivity contribution is 9.10. The van der Waals surface area contributed by atoms with Gasteiger partial charge in [-0.2, -0.15) is 0 Å². The number of hydrogen-bond donors (Lipinski definition) is 1. The Labute approximate surface area is 132 Å². The van der Waals surface area contributed by atoms with Gasteiger partial charge in [0.2, 0.25) is 0 Å². The first kappa shape index (κ1) is 15.7. The third-order valence-electron chi connectivity index (χ3n) is 3.03. The lowest BCUT2D eigenvalue weighted by Crippen LogP contribution is -2.04. The van der Waals surface area contributed by atoms with Gasteiger partial charge >= 0.3 is 0 Å². The Kier molecular flexibility index (Phi) is 5.09. The van der Waals surface area contributed by atoms with Gasteiger partial charge in [0.1, 0.15) is 23.0 Å². The van der Waals surface area contributed by atoms with Crippen LogP contribution in [0.4, 0.5) is 0 Å². The van der Waals surface area contributed by atoms with Crippen LogP contribution in [0.15, 0.2) is 40.9 Å². The number of halogens is 1. The second-order valence-corrected chi connectivity index (χ2v) is 5.48. The first-order valence-corrected chi connectivity index (χ1v) is 7.28. The molecule has 0 heterocycles. The largest absolute Gasteiger partial charge is 0.496 e. The predicted octanol–water partition coefficient (Wildman–Crippen LogP) is 4.28. The molecule has 5 heteroatoms. The molecule has 0 spiro atoms. The standard InChI is InChI=1S/C16H18BrNO3/c1-10(18)11-4-5-16(15(17)6-11)21-14-8-12(19-2)7-13(9-14)20-3/h4-10H,18H2,1-3H3/t10-/m1/s1. The van der Waals surface area contributed by atoms with Crippen molar-refractivity contribution in [1.29, 1.82) is 0 Å². The molecule has 2 aromatic carbocycles. The summed E-state index contributed by atoms with van der Waals surface area (Å²) in [5.74, 6) is 2.69. The first-order valence-electron chi connectivity index (χ1n) is 6.49. The molecule has 0 amide bonds. The van der Waals surface area contributed by atoms with Crippen LogP contribution in [0.2, 0.25) is 0 Å². The average Bonchev–Trinajstić information content (AvgIpc) is 2.48. The predicted molar refractivity (Wildman–Crippen MR) is 86.4 cm³/mol. The maximum absolute atomic E-state index is 5.88. The maximum atomic E-state index is 5.88. The van der Waals surface area contributed by atoms with Crippen molar-refractivity contribution in [2.75, 3.05) is 14.2 Å². The summed E-state index contributed by atoms with van der Waals surface area (Å²) in [6.45, 7) is 1.94. The zero-order chi connectivity index (χ0) is 15.4. The monoisotopic (exact) mass is 351 g/mol. The van der Waals surface area contributed by atoms with Crippen LogP contribution in [-0.4, -0.2) is 14.2 Å². The van der Waals surface area contributed by atoms with Gasteiger partial charge in [0.25, 0.3) is 0 Å². The van der Waals surface area contributed by atoms with Gasteiger partial charge < -0.3 is 19.9 Å². The number of ether oxygens (including phenoxy) is 3. The minimum Gasteiger partial charge on any atom is -0.496 e. The molecule has 0 saturated heterocycles. The van der Waals surface area contributed by atoms with Crippen molar-refractivity contribution < 1.29 is 14.2 Å². The van der Waals surface area contributed by atoms with Crippen LogP contribution >= 0.6 is 15.9 Å². The van der Waals surface area contributed by atoms with Crippen molar-refractivity contribution in [1.82, 2.24) is 0 Å². The molecule has 4 nitrogen and oxygen atoms in total. The zero-order valence-corrected chi connectivity index (χ0v) is 13.8. The average molecular weight is 352 g/mol. The number of methoxy groups -OCH3 is 2. The summed E-state index contributed by atoms with van der Waals surface area (Å²) in [5, 5.41) is 0. The molecule has 0 aromatic heterocycles. The Morgan fingerprint density at radius 2 is 1.52 bits per heavy atom. The van der Waals surface area contributed by atoms with Crippen molar-refractivity contribution in [2.24, 2.45) is 5.73 Å². The van der Waals surface area contributed by atoms with Gasteiger partial charge in [0.05, 0.1) is 18.7 Å². The van der Waals surface area contributed by atoms with Gasteiger partial charge in [-0.15, -0.1) is 0 Å². The fourth-order valence-corrected chi connectivity index (χ4v) is 2.33. The summed E-state index contributed by atoms with van der Waals surface area (Å²) < 4.78 is 17.2. The van der Waals surface area contributed by atoms with Crippen molar-refractivity contribution >= 4 is 15.9 Å². The molecule has 0 aliphatic carbocycles. The van der Waals surface area contributed by atoms with Crippen LogP contribution in [0.1, 0.15) is 18.5 Å². The first-order chi connectivity index (χ1) is 10.0. The lowest BCUT2D eigenvalue weighted by Gasteiger charge is -2.13. The van der Waals surface area contributed by atoms with Crippen molar-refractivity contribution in [2.45, 2.75) is 13.0 Å². The van der Waals surface area contributed by atoms with Crippen molar-refractivity contribution in [3.63, 3.8) is 0 Å². The molecular weight excluding hydrogens is 334 g/mol.